The highest BCUT2D eigenvalue weighted by molar-refractivity contribution is 7.22. The van der Waals surface area contributed by atoms with Gasteiger partial charge in [-0.05, 0) is 129 Å². The van der Waals surface area contributed by atoms with Gasteiger partial charge in [0.15, 0.2) is 5.13 Å². The maximum atomic E-state index is 14.2. The summed E-state index contributed by atoms with van der Waals surface area (Å²) >= 11 is 1.46. The van der Waals surface area contributed by atoms with Crippen LogP contribution in [-0.4, -0.2) is 55.7 Å². The number of hydrogen-bond donors (Lipinski definition) is 3. The molecule has 4 aliphatic carbocycles. The Morgan fingerprint density at radius 3 is 2.32 bits per heavy atom. The van der Waals surface area contributed by atoms with E-state index in [1.165, 1.54) is 49.9 Å². The Kier molecular flexibility index (Phi) is 11.7. The zero-order chi connectivity index (χ0) is 41.2. The number of nitrogens with zero attached hydrogens (tertiary/aromatic N) is 5. The van der Waals surface area contributed by atoms with E-state index in [0.717, 1.165) is 114 Å². The van der Waals surface area contributed by atoms with Crippen LogP contribution in [0.2, 0.25) is 0 Å². The zero-order valence-corrected chi connectivity index (χ0v) is 35.6. The first-order chi connectivity index (χ1) is 29.2. The Hall–Kier alpha value is -5.10. The van der Waals surface area contributed by atoms with Gasteiger partial charge in [-0.3, -0.25) is 24.4 Å². The summed E-state index contributed by atoms with van der Waals surface area (Å²) in [5, 5.41) is 20.7. The number of para-hydroxylation sites is 1. The van der Waals surface area contributed by atoms with E-state index < -0.39 is 5.97 Å². The number of rotatable bonds is 17. The molecule has 0 saturated heterocycles. The molecule has 2 aromatic carbocycles. The number of aliphatic carboxylic acids is 1. The number of carbonyl (C=O) groups is 3. The van der Waals surface area contributed by atoms with Crippen molar-refractivity contribution < 1.29 is 19.5 Å². The number of carboxylic acid groups (broad SMARTS) is 1. The third-order valence-corrected chi connectivity index (χ3v) is 14.8. The van der Waals surface area contributed by atoms with Gasteiger partial charge in [0.25, 0.3) is 11.8 Å². The van der Waals surface area contributed by atoms with E-state index in [1.54, 1.807) is 0 Å². The van der Waals surface area contributed by atoms with Crippen LogP contribution in [0.25, 0.3) is 21.3 Å². The lowest BCUT2D eigenvalue weighted by molar-refractivity contribution is -0.137. The summed E-state index contributed by atoms with van der Waals surface area (Å²) < 4.78 is 3.23. The molecule has 11 nitrogen and oxygen atoms in total. The molecule has 314 valence electrons. The van der Waals surface area contributed by atoms with Crippen LogP contribution in [-0.2, 0) is 24.3 Å². The predicted octanol–water partition coefficient (Wildman–Crippen LogP) is 9.83. The Labute approximate surface area is 356 Å². The van der Waals surface area contributed by atoms with Gasteiger partial charge in [0.2, 0.25) is 0 Å². The molecule has 0 unspecified atom stereocenters. The van der Waals surface area contributed by atoms with Gasteiger partial charge in [-0.25, -0.2) is 9.97 Å². The number of benzene rings is 2. The van der Waals surface area contributed by atoms with E-state index in [4.69, 9.17) is 15.2 Å². The van der Waals surface area contributed by atoms with Crippen LogP contribution in [0.5, 0.6) is 0 Å². The van der Waals surface area contributed by atoms with Gasteiger partial charge in [0.05, 0.1) is 16.4 Å². The normalized spacial score (nSPS) is 21.6. The van der Waals surface area contributed by atoms with Gasteiger partial charge in [0.1, 0.15) is 11.5 Å². The number of unbranched alkanes of at least 4 members (excludes halogenated alkanes) is 6. The second-order valence-electron chi connectivity index (χ2n) is 18.2. The van der Waals surface area contributed by atoms with E-state index in [0.29, 0.717) is 47.3 Å². The summed E-state index contributed by atoms with van der Waals surface area (Å²) in [5.41, 5.74) is 7.13. The SMILES string of the molecule is Cc1c(-c2ccc(N3CCc4cccc(C(=O)Nc5nc6ccccc6s5)c4C3)nc2C(=O)NCCCCCCCCCC(=O)O)cnn1CC12CC3CC(CC(C3)C1)C2. The number of carboxylic acids is 1. The molecule has 0 radical (unpaired) electrons. The number of amides is 2. The van der Waals surface area contributed by atoms with Crippen LogP contribution in [0.1, 0.15) is 128 Å². The molecule has 5 aliphatic rings. The molecule has 4 fully saturated rings. The molecular weight excluding hydrogens is 771 g/mol. The number of nitrogens with one attached hydrogen (secondary N) is 2. The Morgan fingerprint density at radius 2 is 1.57 bits per heavy atom. The number of anilines is 2. The van der Waals surface area contributed by atoms with Gasteiger partial charge >= 0.3 is 5.97 Å². The third kappa shape index (κ3) is 8.71. The number of thiazole rings is 1. The Bertz CT molecular complexity index is 2320. The highest BCUT2D eigenvalue weighted by atomic mass is 32.1. The van der Waals surface area contributed by atoms with Crippen molar-refractivity contribution in [2.45, 2.75) is 116 Å². The smallest absolute Gasteiger partial charge is 0.303 e. The number of fused-ring (bicyclic) bond motifs is 2. The highest BCUT2D eigenvalue weighted by Crippen LogP contribution is 2.60. The van der Waals surface area contributed by atoms with Crippen LogP contribution in [0, 0.1) is 30.1 Å². The summed E-state index contributed by atoms with van der Waals surface area (Å²) in [7, 11) is 0. The maximum Gasteiger partial charge on any atom is 0.303 e. The molecule has 0 spiro atoms. The third-order valence-electron chi connectivity index (χ3n) is 13.8. The summed E-state index contributed by atoms with van der Waals surface area (Å²) in [4.78, 5) is 50.7. The van der Waals surface area contributed by atoms with Crippen molar-refractivity contribution in [3.8, 4) is 11.1 Å². The minimum atomic E-state index is -0.729. The van der Waals surface area contributed by atoms with Gasteiger partial charge < -0.3 is 15.3 Å². The van der Waals surface area contributed by atoms with E-state index >= 15 is 0 Å². The quantitative estimate of drug-likeness (QED) is 0.0787. The summed E-state index contributed by atoms with van der Waals surface area (Å²) in [6, 6.07) is 17.9. The first-order valence-electron chi connectivity index (χ1n) is 22.3. The van der Waals surface area contributed by atoms with Gasteiger partial charge in [-0.15, -0.1) is 0 Å². The van der Waals surface area contributed by atoms with Gasteiger partial charge in [-0.2, -0.15) is 5.10 Å². The molecule has 12 heteroatoms. The Balaban J connectivity index is 0.929. The molecule has 4 heterocycles. The van der Waals surface area contributed by atoms with E-state index in [2.05, 4.69) is 38.2 Å². The molecule has 3 aromatic heterocycles. The molecule has 10 rings (SSSR count). The van der Waals surface area contributed by atoms with Gasteiger partial charge in [-0.1, -0.05) is 67.7 Å². The number of pyridine rings is 1. The largest absolute Gasteiger partial charge is 0.481 e. The molecular formula is C48H57N7O4S. The minimum Gasteiger partial charge on any atom is -0.481 e. The number of hydrogen-bond acceptors (Lipinski definition) is 8. The van der Waals surface area contributed by atoms with Crippen molar-refractivity contribution in [3.63, 3.8) is 0 Å². The van der Waals surface area contributed by atoms with Crippen molar-refractivity contribution in [1.29, 1.82) is 0 Å². The lowest BCUT2D eigenvalue weighted by atomic mass is 9.49. The predicted molar refractivity (Wildman–Crippen MR) is 236 cm³/mol. The Morgan fingerprint density at radius 1 is 0.833 bits per heavy atom. The molecule has 4 saturated carbocycles. The molecule has 0 atom stereocenters. The fourth-order valence-electron chi connectivity index (χ4n) is 11.3. The van der Waals surface area contributed by atoms with Gasteiger partial charge in [0, 0.05) is 55.0 Å². The van der Waals surface area contributed by atoms with Crippen molar-refractivity contribution in [3.05, 3.63) is 88.9 Å². The molecule has 60 heavy (non-hydrogen) atoms. The molecule has 1 aliphatic heterocycles. The summed E-state index contributed by atoms with van der Waals surface area (Å²) in [5.74, 6) is 2.21. The maximum absolute atomic E-state index is 14.2. The second kappa shape index (κ2) is 17.5. The minimum absolute atomic E-state index is 0.185. The molecule has 2 amide bonds. The average Bonchev–Trinajstić information content (AvgIpc) is 3.81. The van der Waals surface area contributed by atoms with E-state index in [1.807, 2.05) is 54.7 Å². The second-order valence-corrected chi connectivity index (χ2v) is 19.2. The average molecular weight is 828 g/mol. The van der Waals surface area contributed by atoms with Crippen LogP contribution in [0.3, 0.4) is 0 Å². The molecule has 4 bridgehead atoms. The van der Waals surface area contributed by atoms with Crippen LogP contribution in [0.15, 0.2) is 60.8 Å². The standard InChI is InChI=1S/C48H57N7O4S/c1-31-38(28-50-55(31)30-48-25-32-22-33(26-48)24-34(23-32)27-48)36-17-18-42(52-44(36)46(59)49-20-10-6-4-2-3-5-7-16-43(56)57)54-21-19-35-12-11-13-37(39(35)29-54)45(58)53-47-51-40-14-8-9-15-41(40)60-47/h8-9,11-15,17-18,28,32-34H,2-7,10,16,19-27,29-30H2,1H3,(H,49,59)(H,56,57)(H,51,53,58). The van der Waals surface area contributed by atoms with E-state index in [9.17, 15) is 14.4 Å². The highest BCUT2D eigenvalue weighted by Gasteiger charge is 2.51. The van der Waals surface area contributed by atoms with Crippen LogP contribution >= 0.6 is 11.3 Å². The topological polar surface area (TPSA) is 142 Å². The summed E-state index contributed by atoms with van der Waals surface area (Å²) in [6.07, 6.45) is 17.8. The first kappa shape index (κ1) is 40.3. The zero-order valence-electron chi connectivity index (χ0n) is 34.8. The number of aromatic nitrogens is 4. The fourth-order valence-corrected chi connectivity index (χ4v) is 12.2. The van der Waals surface area contributed by atoms with Crippen molar-refractivity contribution in [2.75, 3.05) is 23.3 Å². The van der Waals surface area contributed by atoms with E-state index in [-0.39, 0.29) is 18.2 Å². The lowest BCUT2D eigenvalue weighted by Crippen LogP contribution is -2.48. The van der Waals surface area contributed by atoms with Crippen LogP contribution in [0.4, 0.5) is 10.9 Å². The van der Waals surface area contributed by atoms with Crippen molar-refractivity contribution in [2.24, 2.45) is 23.2 Å². The molecule has 3 N–H and O–H groups in total. The first-order valence-corrected chi connectivity index (χ1v) is 23.1. The fraction of sp³-hybridized carbons (Fsp3) is 0.500. The monoisotopic (exact) mass is 827 g/mol. The number of carbonyl (C=O) groups excluding carboxylic acids is 2. The summed E-state index contributed by atoms with van der Waals surface area (Å²) in [6.45, 7) is 4.84. The molecule has 5 aromatic rings. The van der Waals surface area contributed by atoms with Crippen molar-refractivity contribution in [1.82, 2.24) is 25.1 Å². The van der Waals surface area contributed by atoms with Crippen molar-refractivity contribution >= 4 is 50.3 Å². The lowest BCUT2D eigenvalue weighted by Gasteiger charge is -2.56. The van der Waals surface area contributed by atoms with Crippen LogP contribution < -0.4 is 15.5 Å².